The van der Waals surface area contributed by atoms with Crippen LogP contribution in [0.3, 0.4) is 0 Å². The summed E-state index contributed by atoms with van der Waals surface area (Å²) in [6, 6.07) is -0.563. The number of imide groups is 1. The van der Waals surface area contributed by atoms with Gasteiger partial charge in [-0.15, -0.1) is 0 Å². The molecule has 2 aliphatic rings. The largest absolute Gasteiger partial charge is 0.481 e. The maximum absolute atomic E-state index is 12.5. The van der Waals surface area contributed by atoms with E-state index in [9.17, 15) is 24.3 Å². The van der Waals surface area contributed by atoms with E-state index in [0.717, 1.165) is 4.90 Å². The van der Waals surface area contributed by atoms with Crippen LogP contribution in [0.15, 0.2) is 0 Å². The first-order chi connectivity index (χ1) is 10.7. The Labute approximate surface area is 134 Å². The summed E-state index contributed by atoms with van der Waals surface area (Å²) in [5, 5.41) is 11.9. The number of hydrogen-bond donors (Lipinski definition) is 2. The van der Waals surface area contributed by atoms with E-state index in [-0.39, 0.29) is 19.0 Å². The number of aliphatic carboxylic acids is 1. The Morgan fingerprint density at radius 2 is 1.87 bits per heavy atom. The molecule has 0 radical (unpaired) electrons. The molecule has 8 heteroatoms. The minimum absolute atomic E-state index is 0.0948. The van der Waals surface area contributed by atoms with Crippen molar-refractivity contribution >= 4 is 23.8 Å². The molecule has 1 unspecified atom stereocenters. The second kappa shape index (κ2) is 5.82. The van der Waals surface area contributed by atoms with Gasteiger partial charge in [0.1, 0.15) is 12.1 Å². The number of nitrogens with one attached hydrogen (secondary N) is 1. The second-order valence-corrected chi connectivity index (χ2v) is 6.54. The Bertz CT molecular complexity index is 557. The van der Waals surface area contributed by atoms with Crippen molar-refractivity contribution in [2.75, 3.05) is 19.6 Å². The van der Waals surface area contributed by atoms with Gasteiger partial charge in [-0.2, -0.15) is 0 Å². The van der Waals surface area contributed by atoms with Gasteiger partial charge in [-0.25, -0.2) is 4.79 Å². The van der Waals surface area contributed by atoms with Crippen molar-refractivity contribution in [3.05, 3.63) is 0 Å². The van der Waals surface area contributed by atoms with Gasteiger partial charge in [0.25, 0.3) is 5.91 Å². The van der Waals surface area contributed by atoms with Crippen molar-refractivity contribution < 1.29 is 24.3 Å². The molecular formula is C15H23N3O5. The fourth-order valence-electron chi connectivity index (χ4n) is 3.13. The molecule has 0 bridgehead atoms. The molecule has 2 heterocycles. The Balaban J connectivity index is 2.06. The van der Waals surface area contributed by atoms with Crippen LogP contribution in [0.25, 0.3) is 0 Å². The predicted molar refractivity (Wildman–Crippen MR) is 80.5 cm³/mol. The first kappa shape index (κ1) is 17.2. The molecule has 4 amide bonds. The van der Waals surface area contributed by atoms with Gasteiger partial charge in [-0.3, -0.25) is 19.3 Å². The first-order valence-corrected chi connectivity index (χ1v) is 7.84. The lowest BCUT2D eigenvalue weighted by atomic mass is 9.90. The lowest BCUT2D eigenvalue weighted by molar-refractivity contribution is -0.147. The number of likely N-dealkylation sites (tertiary alicyclic amines) is 1. The molecule has 2 rings (SSSR count). The van der Waals surface area contributed by atoms with Gasteiger partial charge in [0.2, 0.25) is 5.91 Å². The van der Waals surface area contributed by atoms with Crippen LogP contribution >= 0.6 is 0 Å². The smallest absolute Gasteiger partial charge is 0.325 e. The van der Waals surface area contributed by atoms with Crippen molar-refractivity contribution in [2.45, 2.75) is 45.6 Å². The molecule has 8 nitrogen and oxygen atoms in total. The molecule has 0 aliphatic carbocycles. The zero-order valence-electron chi connectivity index (χ0n) is 13.7. The van der Waals surface area contributed by atoms with Crippen LogP contribution in [0, 0.1) is 5.41 Å². The quantitative estimate of drug-likeness (QED) is 0.712. The number of hydrogen-bond acceptors (Lipinski definition) is 4. The van der Waals surface area contributed by atoms with Gasteiger partial charge in [0, 0.05) is 13.1 Å². The Hall–Kier alpha value is -2.12. The summed E-state index contributed by atoms with van der Waals surface area (Å²) in [4.78, 5) is 50.4. The zero-order valence-corrected chi connectivity index (χ0v) is 13.7. The lowest BCUT2D eigenvalue weighted by Gasteiger charge is -2.24. The van der Waals surface area contributed by atoms with E-state index in [0.29, 0.717) is 25.8 Å². The van der Waals surface area contributed by atoms with Gasteiger partial charge in [-0.1, -0.05) is 13.8 Å². The number of carbonyl (C=O) groups is 4. The molecule has 0 spiro atoms. The topological polar surface area (TPSA) is 107 Å². The van der Waals surface area contributed by atoms with Crippen molar-refractivity contribution in [2.24, 2.45) is 5.41 Å². The van der Waals surface area contributed by atoms with E-state index in [1.807, 2.05) is 13.8 Å². The molecule has 2 aliphatic heterocycles. The van der Waals surface area contributed by atoms with Crippen LogP contribution in [0.2, 0.25) is 0 Å². The van der Waals surface area contributed by atoms with Crippen molar-refractivity contribution in [3.8, 4) is 0 Å². The highest BCUT2D eigenvalue weighted by molar-refractivity contribution is 6.09. The highest BCUT2D eigenvalue weighted by atomic mass is 16.4. The van der Waals surface area contributed by atoms with Crippen LogP contribution in [0.5, 0.6) is 0 Å². The third kappa shape index (κ3) is 2.77. The normalized spacial score (nSPS) is 26.6. The van der Waals surface area contributed by atoms with Crippen molar-refractivity contribution in [1.29, 1.82) is 0 Å². The number of nitrogens with zero attached hydrogens (tertiary/aromatic N) is 2. The van der Waals surface area contributed by atoms with E-state index in [1.165, 1.54) is 4.90 Å². The summed E-state index contributed by atoms with van der Waals surface area (Å²) < 4.78 is 0. The fraction of sp³-hybridized carbons (Fsp3) is 0.733. The molecule has 0 aromatic carbocycles. The van der Waals surface area contributed by atoms with Crippen LogP contribution in [0.1, 0.15) is 40.0 Å². The molecule has 2 fully saturated rings. The number of carboxylic acids is 1. The van der Waals surface area contributed by atoms with Crippen LogP contribution in [-0.4, -0.2) is 63.9 Å². The summed E-state index contributed by atoms with van der Waals surface area (Å²) in [5.74, 6) is -1.73. The lowest BCUT2D eigenvalue weighted by Crippen LogP contribution is -2.47. The Kier molecular flexibility index (Phi) is 4.37. The number of carboxylic acid groups (broad SMARTS) is 1. The van der Waals surface area contributed by atoms with E-state index >= 15 is 0 Å². The van der Waals surface area contributed by atoms with Gasteiger partial charge >= 0.3 is 12.0 Å². The van der Waals surface area contributed by atoms with E-state index in [4.69, 9.17) is 0 Å². The molecule has 23 heavy (non-hydrogen) atoms. The van der Waals surface area contributed by atoms with Gasteiger partial charge in [-0.05, 0) is 26.2 Å². The van der Waals surface area contributed by atoms with Crippen molar-refractivity contribution in [1.82, 2.24) is 15.1 Å². The number of carbonyl (C=O) groups excluding carboxylic acids is 3. The minimum Gasteiger partial charge on any atom is -0.481 e. The molecule has 128 valence electrons. The number of amides is 4. The summed E-state index contributed by atoms with van der Waals surface area (Å²) >= 11 is 0. The highest BCUT2D eigenvalue weighted by Crippen LogP contribution is 2.31. The summed E-state index contributed by atoms with van der Waals surface area (Å²) in [5.41, 5.74) is -1.90. The predicted octanol–water partition coefficient (Wildman–Crippen LogP) is 0.420. The highest BCUT2D eigenvalue weighted by Gasteiger charge is 2.50. The molecule has 1 atom stereocenters. The Morgan fingerprint density at radius 3 is 2.30 bits per heavy atom. The van der Waals surface area contributed by atoms with E-state index < -0.39 is 28.9 Å². The maximum Gasteiger partial charge on any atom is 0.325 e. The molecule has 0 aromatic rings. The SMILES string of the molecule is CCC1(CC)NC(=O)N(CC(=O)N2CCC(C)(C(=O)O)C2)C1=O. The third-order valence-electron chi connectivity index (χ3n) is 5.09. The van der Waals surface area contributed by atoms with Crippen molar-refractivity contribution in [3.63, 3.8) is 0 Å². The average Bonchev–Trinajstić information content (AvgIpc) is 3.02. The van der Waals surface area contributed by atoms with Gasteiger partial charge in [0.05, 0.1) is 5.41 Å². The average molecular weight is 325 g/mol. The maximum atomic E-state index is 12.5. The summed E-state index contributed by atoms with van der Waals surface area (Å²) in [6.07, 6.45) is 1.28. The number of urea groups is 1. The summed E-state index contributed by atoms with van der Waals surface area (Å²) in [7, 11) is 0. The minimum atomic E-state index is -0.969. The monoisotopic (exact) mass is 325 g/mol. The van der Waals surface area contributed by atoms with E-state index in [2.05, 4.69) is 5.32 Å². The summed E-state index contributed by atoms with van der Waals surface area (Å²) in [6.45, 7) is 5.28. The van der Waals surface area contributed by atoms with Crippen LogP contribution in [0.4, 0.5) is 4.79 Å². The van der Waals surface area contributed by atoms with Crippen LogP contribution < -0.4 is 5.32 Å². The molecular weight excluding hydrogens is 302 g/mol. The fourth-order valence-corrected chi connectivity index (χ4v) is 3.13. The second-order valence-electron chi connectivity index (χ2n) is 6.54. The molecule has 2 saturated heterocycles. The van der Waals surface area contributed by atoms with Crippen LogP contribution in [-0.2, 0) is 14.4 Å². The zero-order chi connectivity index (χ0) is 17.4. The standard InChI is InChI=1S/C15H23N3O5/c1-4-15(5-2)11(20)18(13(23)16-15)8-10(19)17-7-6-14(3,9-17)12(21)22/h4-9H2,1-3H3,(H,16,23)(H,21,22). The number of rotatable bonds is 5. The Morgan fingerprint density at radius 1 is 1.26 bits per heavy atom. The van der Waals surface area contributed by atoms with Gasteiger partial charge < -0.3 is 15.3 Å². The van der Waals surface area contributed by atoms with Gasteiger partial charge in [0.15, 0.2) is 0 Å². The third-order valence-corrected chi connectivity index (χ3v) is 5.09. The molecule has 2 N–H and O–H groups in total. The van der Waals surface area contributed by atoms with E-state index in [1.54, 1.807) is 6.92 Å². The molecule has 0 saturated carbocycles. The molecule has 0 aromatic heterocycles. The first-order valence-electron chi connectivity index (χ1n) is 7.84.